The van der Waals surface area contributed by atoms with Crippen molar-refractivity contribution in [3.63, 3.8) is 0 Å². The Kier molecular flexibility index (Phi) is 5.77. The molecule has 0 unspecified atom stereocenters. The normalized spacial score (nSPS) is 20.4. The highest BCUT2D eigenvalue weighted by Gasteiger charge is 2.23. The minimum atomic E-state index is -3.17. The maximum Gasteiger partial charge on any atom is 0.213 e. The number of sulfonamides is 1. The van der Waals surface area contributed by atoms with Gasteiger partial charge in [0.2, 0.25) is 10.0 Å². The molecule has 124 valence electrons. The van der Waals surface area contributed by atoms with Crippen molar-refractivity contribution < 1.29 is 8.42 Å². The van der Waals surface area contributed by atoms with Gasteiger partial charge >= 0.3 is 0 Å². The van der Waals surface area contributed by atoms with Crippen LogP contribution in [0.1, 0.15) is 32.3 Å². The molecule has 1 aromatic rings. The fourth-order valence-corrected chi connectivity index (χ4v) is 3.48. The molecule has 0 amide bonds. The monoisotopic (exact) mass is 326 g/mol. The third-order valence-electron chi connectivity index (χ3n) is 4.05. The molecule has 6 nitrogen and oxygen atoms in total. The molecular weight excluding hydrogens is 300 g/mol. The topological polar surface area (TPSA) is 67.2 Å². The molecule has 2 heterocycles. The Hall–Kier alpha value is -1.18. The average molecular weight is 326 g/mol. The minimum Gasteiger partial charge on any atom is -0.299 e. The Morgan fingerprint density at radius 3 is 2.95 bits per heavy atom. The first kappa shape index (κ1) is 17.2. The third kappa shape index (κ3) is 4.66. The summed E-state index contributed by atoms with van der Waals surface area (Å²) in [5.74, 6) is 0.372. The summed E-state index contributed by atoms with van der Waals surface area (Å²) in [6.07, 6.45) is 7.67. The van der Waals surface area contributed by atoms with Gasteiger partial charge in [-0.1, -0.05) is 6.58 Å². The van der Waals surface area contributed by atoms with Gasteiger partial charge in [0.15, 0.2) is 0 Å². The predicted molar refractivity (Wildman–Crippen MR) is 88.7 cm³/mol. The maximum absolute atomic E-state index is 11.8. The molecule has 2 rings (SSSR count). The van der Waals surface area contributed by atoms with Crippen LogP contribution in [0, 0.1) is 5.92 Å². The summed E-state index contributed by atoms with van der Waals surface area (Å²) >= 11 is 0. The second-order valence-electron chi connectivity index (χ2n) is 6.20. The van der Waals surface area contributed by atoms with E-state index in [1.54, 1.807) is 24.7 Å². The van der Waals surface area contributed by atoms with Gasteiger partial charge in [-0.15, -0.1) is 0 Å². The lowest BCUT2D eigenvalue weighted by molar-refractivity contribution is 0.169. The van der Waals surface area contributed by atoms with Crippen LogP contribution in [0.15, 0.2) is 19.0 Å². The first-order valence-electron chi connectivity index (χ1n) is 7.77. The van der Waals surface area contributed by atoms with Crippen molar-refractivity contribution in [2.45, 2.75) is 38.5 Å². The first-order chi connectivity index (χ1) is 10.4. The molecule has 1 atom stereocenters. The largest absolute Gasteiger partial charge is 0.299 e. The Balaban J connectivity index is 1.85. The Bertz CT molecular complexity index is 594. The van der Waals surface area contributed by atoms with E-state index in [0.717, 1.165) is 38.0 Å². The number of aromatic nitrogens is 2. The highest BCUT2D eigenvalue weighted by molar-refractivity contribution is 7.90. The summed E-state index contributed by atoms with van der Waals surface area (Å²) in [6, 6.07) is 0. The number of likely N-dealkylation sites (tertiary alicyclic amines) is 1. The van der Waals surface area contributed by atoms with Gasteiger partial charge in [-0.3, -0.25) is 4.90 Å². The molecule has 0 saturated carbocycles. The molecular formula is C15H26N4O2S. The lowest BCUT2D eigenvalue weighted by Crippen LogP contribution is -2.41. The van der Waals surface area contributed by atoms with E-state index in [9.17, 15) is 8.42 Å². The second-order valence-corrected chi connectivity index (χ2v) is 8.52. The van der Waals surface area contributed by atoms with E-state index >= 15 is 0 Å². The number of hydrogen-bond donors (Lipinski definition) is 1. The Labute approximate surface area is 133 Å². The minimum absolute atomic E-state index is 0.372. The molecule has 1 fully saturated rings. The van der Waals surface area contributed by atoms with Crippen molar-refractivity contribution in [2.75, 3.05) is 19.6 Å². The van der Waals surface area contributed by atoms with Crippen molar-refractivity contribution in [3.05, 3.63) is 24.5 Å². The van der Waals surface area contributed by atoms with Gasteiger partial charge in [-0.05, 0) is 39.2 Å². The molecule has 1 aliphatic rings. The van der Waals surface area contributed by atoms with Crippen LogP contribution < -0.4 is 4.72 Å². The summed E-state index contributed by atoms with van der Waals surface area (Å²) in [5, 5.41) is 3.81. The Morgan fingerprint density at radius 1 is 1.55 bits per heavy atom. The molecule has 1 N–H and O–H groups in total. The zero-order valence-electron chi connectivity index (χ0n) is 13.4. The van der Waals surface area contributed by atoms with Crippen LogP contribution in [0.2, 0.25) is 0 Å². The van der Waals surface area contributed by atoms with Crippen LogP contribution in [0.25, 0.3) is 6.20 Å². The van der Waals surface area contributed by atoms with Crippen LogP contribution in [0.4, 0.5) is 0 Å². The van der Waals surface area contributed by atoms with Gasteiger partial charge in [0.1, 0.15) is 0 Å². The van der Waals surface area contributed by atoms with Crippen LogP contribution in [-0.2, 0) is 16.6 Å². The van der Waals surface area contributed by atoms with Crippen molar-refractivity contribution in [3.8, 4) is 0 Å². The van der Waals surface area contributed by atoms with Crippen LogP contribution in [0.5, 0.6) is 0 Å². The summed E-state index contributed by atoms with van der Waals surface area (Å²) in [6.45, 7) is 10.4. The van der Waals surface area contributed by atoms with Crippen LogP contribution in [0.3, 0.4) is 0 Å². The predicted octanol–water partition coefficient (Wildman–Crippen LogP) is 1.52. The fourth-order valence-electron chi connectivity index (χ4n) is 2.68. The standard InChI is InChI=1S/C15H26N4O2S/c1-4-19-12-15(8-16-19)11-18-7-5-6-14(10-18)9-17-22(20,21)13(2)3/h4,8,12-14,17H,1,5-7,9-11H2,2-3H3/t14-/m0/s1. The van der Waals surface area contributed by atoms with E-state index in [1.807, 2.05) is 12.4 Å². The van der Waals surface area contributed by atoms with Gasteiger partial charge < -0.3 is 0 Å². The van der Waals surface area contributed by atoms with E-state index in [1.165, 1.54) is 0 Å². The highest BCUT2D eigenvalue weighted by atomic mass is 32.2. The summed E-state index contributed by atoms with van der Waals surface area (Å²) < 4.78 is 28.1. The first-order valence-corrected chi connectivity index (χ1v) is 9.31. The van der Waals surface area contributed by atoms with Crippen molar-refractivity contribution in [1.82, 2.24) is 19.4 Å². The summed E-state index contributed by atoms with van der Waals surface area (Å²) in [4.78, 5) is 2.36. The second kappa shape index (κ2) is 7.39. The van der Waals surface area contributed by atoms with Crippen LogP contribution in [-0.4, -0.2) is 48.0 Å². The van der Waals surface area contributed by atoms with Gasteiger partial charge in [0.25, 0.3) is 0 Å². The van der Waals surface area contributed by atoms with Crippen molar-refractivity contribution in [2.24, 2.45) is 5.92 Å². The third-order valence-corrected chi connectivity index (χ3v) is 5.86. The molecule has 1 saturated heterocycles. The number of piperidine rings is 1. The van der Waals surface area contributed by atoms with E-state index < -0.39 is 10.0 Å². The summed E-state index contributed by atoms with van der Waals surface area (Å²) in [5.41, 5.74) is 1.16. The van der Waals surface area contributed by atoms with Crippen molar-refractivity contribution in [1.29, 1.82) is 0 Å². The lowest BCUT2D eigenvalue weighted by atomic mass is 9.98. The summed E-state index contributed by atoms with van der Waals surface area (Å²) in [7, 11) is -3.17. The highest BCUT2D eigenvalue weighted by Crippen LogP contribution is 2.18. The van der Waals surface area contributed by atoms with E-state index in [-0.39, 0.29) is 5.25 Å². The molecule has 0 aliphatic carbocycles. The molecule has 22 heavy (non-hydrogen) atoms. The van der Waals surface area contributed by atoms with Gasteiger partial charge in [0, 0.05) is 37.6 Å². The van der Waals surface area contributed by atoms with E-state index in [4.69, 9.17) is 0 Å². The number of nitrogens with zero attached hydrogens (tertiary/aromatic N) is 3. The SMILES string of the molecule is C=Cn1cc(CN2CCC[C@@H](CNS(=O)(=O)C(C)C)C2)cn1. The smallest absolute Gasteiger partial charge is 0.213 e. The van der Waals surface area contributed by atoms with Gasteiger partial charge in [0.05, 0.1) is 11.4 Å². The number of nitrogens with one attached hydrogen (secondary N) is 1. The van der Waals surface area contributed by atoms with Crippen molar-refractivity contribution >= 4 is 16.2 Å². The molecule has 0 spiro atoms. The van der Waals surface area contributed by atoms with Gasteiger partial charge in [-0.2, -0.15) is 5.10 Å². The zero-order chi connectivity index (χ0) is 16.2. The van der Waals surface area contributed by atoms with E-state index in [0.29, 0.717) is 12.5 Å². The molecule has 1 aromatic heterocycles. The molecule has 1 aliphatic heterocycles. The molecule has 0 bridgehead atoms. The lowest BCUT2D eigenvalue weighted by Gasteiger charge is -2.32. The molecule has 0 aromatic carbocycles. The quantitative estimate of drug-likeness (QED) is 0.825. The molecule has 0 radical (unpaired) electrons. The Morgan fingerprint density at radius 2 is 2.32 bits per heavy atom. The maximum atomic E-state index is 11.8. The number of rotatable bonds is 7. The fraction of sp³-hybridized carbons (Fsp3) is 0.667. The van der Waals surface area contributed by atoms with Crippen LogP contribution >= 0.6 is 0 Å². The van der Waals surface area contributed by atoms with E-state index in [2.05, 4.69) is 21.3 Å². The van der Waals surface area contributed by atoms with Gasteiger partial charge in [-0.25, -0.2) is 17.8 Å². The molecule has 7 heteroatoms. The zero-order valence-corrected chi connectivity index (χ0v) is 14.2. The average Bonchev–Trinajstić information content (AvgIpc) is 2.93. The number of hydrogen-bond acceptors (Lipinski definition) is 4.